The molecule has 0 spiro atoms. The molecule has 0 radical (unpaired) electrons. The topological polar surface area (TPSA) is 35.6 Å². The van der Waals surface area contributed by atoms with E-state index in [-0.39, 0.29) is 30.9 Å². The summed E-state index contributed by atoms with van der Waals surface area (Å²) in [5, 5.41) is 3.52. The summed E-state index contributed by atoms with van der Waals surface area (Å²) in [6.45, 7) is 6.16. The minimum Gasteiger partial charge on any atom is -0.341 e. The van der Waals surface area contributed by atoms with Crippen molar-refractivity contribution < 1.29 is 4.79 Å². The van der Waals surface area contributed by atoms with Crippen LogP contribution in [-0.4, -0.2) is 54.5 Å². The van der Waals surface area contributed by atoms with Crippen LogP contribution in [0.25, 0.3) is 0 Å². The molecule has 0 aliphatic carbocycles. The van der Waals surface area contributed by atoms with Gasteiger partial charge < -0.3 is 10.2 Å². The highest BCUT2D eigenvalue weighted by Crippen LogP contribution is 2.29. The fourth-order valence-corrected chi connectivity index (χ4v) is 4.93. The molecule has 1 aromatic carbocycles. The van der Waals surface area contributed by atoms with E-state index >= 15 is 0 Å². The zero-order chi connectivity index (χ0) is 17.1. The normalized spacial score (nSPS) is 28.4. The molecule has 1 unspecified atom stereocenters. The first-order valence-corrected chi connectivity index (χ1v) is 10.1. The molecule has 0 saturated carbocycles. The predicted octanol–water partition coefficient (Wildman–Crippen LogP) is 3.34. The van der Waals surface area contributed by atoms with Crippen LogP contribution in [-0.2, 0) is 11.3 Å². The molecule has 3 fully saturated rings. The standard InChI is InChI=1S/C21H31N3O.2ClH/c25-21(23-12-9-18-14-22-15-19(18)10-13-23)20-8-4-5-11-24(20)16-17-6-2-1-3-7-17;;/h1-3,6-7,18-20,22H,4-5,8-16H2;2*1H/t18-,19+,20?;;. The number of hydrogen-bond acceptors (Lipinski definition) is 3. The molecular weight excluding hydrogens is 381 g/mol. The molecule has 3 aliphatic rings. The fraction of sp³-hybridized carbons (Fsp3) is 0.667. The molecule has 1 amide bonds. The summed E-state index contributed by atoms with van der Waals surface area (Å²) < 4.78 is 0. The first-order valence-electron chi connectivity index (χ1n) is 10.1. The van der Waals surface area contributed by atoms with Gasteiger partial charge in [-0.2, -0.15) is 0 Å². The number of rotatable bonds is 3. The zero-order valence-electron chi connectivity index (χ0n) is 16.0. The smallest absolute Gasteiger partial charge is 0.239 e. The van der Waals surface area contributed by atoms with Gasteiger partial charge in [0.25, 0.3) is 0 Å². The quantitative estimate of drug-likeness (QED) is 0.824. The van der Waals surface area contributed by atoms with E-state index in [9.17, 15) is 4.79 Å². The van der Waals surface area contributed by atoms with Gasteiger partial charge in [-0.25, -0.2) is 0 Å². The molecule has 4 rings (SSSR count). The van der Waals surface area contributed by atoms with Gasteiger partial charge in [0.1, 0.15) is 0 Å². The summed E-state index contributed by atoms with van der Waals surface area (Å²) in [4.78, 5) is 17.9. The Hall–Kier alpha value is -0.810. The number of nitrogens with zero attached hydrogens (tertiary/aromatic N) is 2. The SMILES string of the molecule is Cl.Cl.O=C(C1CCCCN1Cc1ccccc1)N1CC[C@@H]2CNC[C@@H]2CC1. The number of halogens is 2. The number of hydrogen-bond donors (Lipinski definition) is 1. The van der Waals surface area contributed by atoms with E-state index in [4.69, 9.17) is 0 Å². The Bertz CT molecular complexity index is 572. The number of nitrogens with one attached hydrogen (secondary N) is 1. The summed E-state index contributed by atoms with van der Waals surface area (Å²) in [7, 11) is 0. The molecule has 6 heteroatoms. The van der Waals surface area contributed by atoms with Crippen molar-refractivity contribution in [2.75, 3.05) is 32.7 Å². The molecule has 27 heavy (non-hydrogen) atoms. The molecule has 0 aromatic heterocycles. The summed E-state index contributed by atoms with van der Waals surface area (Å²) in [5.74, 6) is 1.96. The van der Waals surface area contributed by atoms with Crippen LogP contribution < -0.4 is 5.32 Å². The predicted molar refractivity (Wildman–Crippen MR) is 115 cm³/mol. The number of benzene rings is 1. The molecule has 4 nitrogen and oxygen atoms in total. The molecular formula is C21H33Cl2N3O. The molecule has 0 bridgehead atoms. The van der Waals surface area contributed by atoms with Gasteiger partial charge >= 0.3 is 0 Å². The van der Waals surface area contributed by atoms with E-state index in [0.29, 0.717) is 5.91 Å². The van der Waals surface area contributed by atoms with Crippen molar-refractivity contribution >= 4 is 30.7 Å². The summed E-state index contributed by atoms with van der Waals surface area (Å²) in [5.41, 5.74) is 1.32. The van der Waals surface area contributed by atoms with Crippen LogP contribution in [0.3, 0.4) is 0 Å². The number of carbonyl (C=O) groups excluding carboxylic acids is 1. The Morgan fingerprint density at radius 2 is 1.59 bits per heavy atom. The van der Waals surface area contributed by atoms with Gasteiger partial charge in [-0.1, -0.05) is 36.8 Å². The van der Waals surface area contributed by atoms with Gasteiger partial charge in [0, 0.05) is 19.6 Å². The lowest BCUT2D eigenvalue weighted by Crippen LogP contribution is -2.50. The van der Waals surface area contributed by atoms with E-state index in [0.717, 1.165) is 57.5 Å². The van der Waals surface area contributed by atoms with E-state index in [1.54, 1.807) is 0 Å². The van der Waals surface area contributed by atoms with Crippen LogP contribution in [0.4, 0.5) is 0 Å². The number of fused-ring (bicyclic) bond motifs is 1. The first kappa shape index (κ1) is 22.5. The monoisotopic (exact) mass is 413 g/mol. The van der Waals surface area contributed by atoms with Crippen LogP contribution in [0, 0.1) is 11.8 Å². The zero-order valence-corrected chi connectivity index (χ0v) is 17.6. The Morgan fingerprint density at radius 3 is 2.26 bits per heavy atom. The maximum atomic E-state index is 13.3. The lowest BCUT2D eigenvalue weighted by atomic mass is 9.92. The lowest BCUT2D eigenvalue weighted by Gasteiger charge is -2.37. The first-order chi connectivity index (χ1) is 12.3. The second kappa shape index (κ2) is 10.7. The number of carbonyl (C=O) groups is 1. The summed E-state index contributed by atoms with van der Waals surface area (Å²) in [6, 6.07) is 10.7. The van der Waals surface area contributed by atoms with Gasteiger partial charge in [-0.3, -0.25) is 9.69 Å². The van der Waals surface area contributed by atoms with Crippen LogP contribution in [0.2, 0.25) is 0 Å². The number of piperidine rings is 1. The van der Waals surface area contributed by atoms with Crippen LogP contribution in [0.5, 0.6) is 0 Å². The molecule has 3 saturated heterocycles. The minimum absolute atomic E-state index is 0. The van der Waals surface area contributed by atoms with E-state index in [2.05, 4.69) is 45.4 Å². The highest BCUT2D eigenvalue weighted by atomic mass is 35.5. The molecule has 3 atom stereocenters. The van der Waals surface area contributed by atoms with Crippen LogP contribution in [0.1, 0.15) is 37.7 Å². The fourth-order valence-electron chi connectivity index (χ4n) is 4.93. The largest absolute Gasteiger partial charge is 0.341 e. The molecule has 1 aromatic rings. The van der Waals surface area contributed by atoms with Gasteiger partial charge in [0.2, 0.25) is 5.91 Å². The van der Waals surface area contributed by atoms with Gasteiger partial charge in [0.15, 0.2) is 0 Å². The Kier molecular flexibility index (Phi) is 8.87. The van der Waals surface area contributed by atoms with Crippen LogP contribution >= 0.6 is 24.8 Å². The third-order valence-electron chi connectivity index (χ3n) is 6.46. The average Bonchev–Trinajstić information content (AvgIpc) is 3.01. The highest BCUT2D eigenvalue weighted by molar-refractivity contribution is 5.85. The van der Waals surface area contributed by atoms with E-state index in [1.165, 1.54) is 31.2 Å². The van der Waals surface area contributed by atoms with Crippen molar-refractivity contribution in [2.45, 2.75) is 44.7 Å². The highest BCUT2D eigenvalue weighted by Gasteiger charge is 2.35. The molecule has 152 valence electrons. The summed E-state index contributed by atoms with van der Waals surface area (Å²) >= 11 is 0. The Morgan fingerprint density at radius 1 is 0.926 bits per heavy atom. The summed E-state index contributed by atoms with van der Waals surface area (Å²) in [6.07, 6.45) is 5.78. The Balaban J connectivity index is 0.00000131. The Labute approximate surface area is 175 Å². The van der Waals surface area contributed by atoms with Crippen molar-refractivity contribution in [3.05, 3.63) is 35.9 Å². The van der Waals surface area contributed by atoms with Gasteiger partial charge in [-0.15, -0.1) is 24.8 Å². The van der Waals surface area contributed by atoms with Crippen LogP contribution in [0.15, 0.2) is 30.3 Å². The molecule has 3 heterocycles. The van der Waals surface area contributed by atoms with Crippen molar-refractivity contribution in [3.8, 4) is 0 Å². The van der Waals surface area contributed by atoms with Crippen molar-refractivity contribution in [1.82, 2.24) is 15.1 Å². The van der Waals surface area contributed by atoms with E-state index in [1.807, 2.05) is 0 Å². The molecule has 3 aliphatic heterocycles. The third kappa shape index (κ3) is 5.38. The maximum Gasteiger partial charge on any atom is 0.239 e. The van der Waals surface area contributed by atoms with E-state index < -0.39 is 0 Å². The lowest BCUT2D eigenvalue weighted by molar-refractivity contribution is -0.138. The van der Waals surface area contributed by atoms with Gasteiger partial charge in [-0.05, 0) is 62.7 Å². The second-order valence-corrected chi connectivity index (χ2v) is 8.05. The second-order valence-electron chi connectivity index (χ2n) is 8.05. The minimum atomic E-state index is 0. The van der Waals surface area contributed by atoms with Crippen molar-refractivity contribution in [3.63, 3.8) is 0 Å². The maximum absolute atomic E-state index is 13.3. The van der Waals surface area contributed by atoms with Gasteiger partial charge in [0.05, 0.1) is 6.04 Å². The van der Waals surface area contributed by atoms with Crippen molar-refractivity contribution in [2.24, 2.45) is 11.8 Å². The number of likely N-dealkylation sites (tertiary alicyclic amines) is 2. The molecule has 1 N–H and O–H groups in total. The van der Waals surface area contributed by atoms with Crippen molar-refractivity contribution in [1.29, 1.82) is 0 Å². The number of amides is 1. The average molecular weight is 414 g/mol. The third-order valence-corrected chi connectivity index (χ3v) is 6.46.